The van der Waals surface area contributed by atoms with Gasteiger partial charge in [-0.05, 0) is 37.5 Å². The maximum atomic E-state index is 14.0. The van der Waals surface area contributed by atoms with Crippen molar-refractivity contribution in [3.05, 3.63) is 47.2 Å². The van der Waals surface area contributed by atoms with E-state index in [1.807, 2.05) is 0 Å². The van der Waals surface area contributed by atoms with Crippen LogP contribution in [0.25, 0.3) is 0 Å². The van der Waals surface area contributed by atoms with Gasteiger partial charge in [0.15, 0.2) is 0 Å². The summed E-state index contributed by atoms with van der Waals surface area (Å²) in [5.74, 6) is -1.43. The van der Waals surface area contributed by atoms with Crippen LogP contribution in [0, 0.1) is 11.6 Å². The molecule has 1 saturated heterocycles. The molecule has 3 rings (SSSR count). The highest BCUT2D eigenvalue weighted by Crippen LogP contribution is 2.35. The van der Waals surface area contributed by atoms with Crippen molar-refractivity contribution in [3.63, 3.8) is 0 Å². The molecule has 1 amide bonds. The minimum atomic E-state index is -0.748. The Labute approximate surface area is 127 Å². The van der Waals surface area contributed by atoms with Crippen LogP contribution in [0.5, 0.6) is 0 Å². The zero-order valence-electron chi connectivity index (χ0n) is 12.0. The fraction of sp³-hybridized carbons (Fsp3) is 0.438. The monoisotopic (exact) mass is 309 g/mol. The molecule has 118 valence electrons. The summed E-state index contributed by atoms with van der Waals surface area (Å²) in [5, 5.41) is 9.88. The average Bonchev–Trinajstić information content (AvgIpc) is 2.91. The van der Waals surface area contributed by atoms with E-state index in [0.29, 0.717) is 18.6 Å². The van der Waals surface area contributed by atoms with E-state index in [-0.39, 0.29) is 24.4 Å². The van der Waals surface area contributed by atoms with Gasteiger partial charge in [-0.15, -0.1) is 0 Å². The standard InChI is InChI=1S/C16H17F2NO3/c17-11-3-4-14(18)13(6-11)15-7-12(20)8-19(15)16(21)10-2-1-5-22-9-10/h3-4,6,9,12,15,20H,1-2,5,7-8H2. The van der Waals surface area contributed by atoms with Crippen LogP contribution in [-0.4, -0.2) is 35.2 Å². The van der Waals surface area contributed by atoms with Crippen LogP contribution in [0.2, 0.25) is 0 Å². The maximum absolute atomic E-state index is 14.0. The molecule has 0 saturated carbocycles. The van der Waals surface area contributed by atoms with Gasteiger partial charge >= 0.3 is 0 Å². The first kappa shape index (κ1) is 15.0. The Morgan fingerprint density at radius 2 is 2.18 bits per heavy atom. The first-order chi connectivity index (χ1) is 10.6. The van der Waals surface area contributed by atoms with Gasteiger partial charge in [0.1, 0.15) is 11.6 Å². The number of benzene rings is 1. The summed E-state index contributed by atoms with van der Waals surface area (Å²) in [6, 6.07) is 2.50. The van der Waals surface area contributed by atoms with E-state index >= 15 is 0 Å². The topological polar surface area (TPSA) is 49.8 Å². The largest absolute Gasteiger partial charge is 0.501 e. The minimum Gasteiger partial charge on any atom is -0.501 e. The molecule has 6 heteroatoms. The third-order valence-corrected chi connectivity index (χ3v) is 4.07. The van der Waals surface area contributed by atoms with E-state index in [9.17, 15) is 18.7 Å². The lowest BCUT2D eigenvalue weighted by atomic mass is 10.0. The molecule has 2 atom stereocenters. The number of amides is 1. The molecule has 1 aromatic carbocycles. The molecule has 2 aliphatic heterocycles. The van der Waals surface area contributed by atoms with E-state index in [2.05, 4.69) is 0 Å². The van der Waals surface area contributed by atoms with Crippen molar-refractivity contribution < 1.29 is 23.4 Å². The fourth-order valence-electron chi connectivity index (χ4n) is 3.01. The molecule has 0 bridgehead atoms. The smallest absolute Gasteiger partial charge is 0.253 e. The van der Waals surface area contributed by atoms with Gasteiger partial charge in [0, 0.05) is 12.1 Å². The van der Waals surface area contributed by atoms with Crippen LogP contribution in [0.4, 0.5) is 8.78 Å². The highest BCUT2D eigenvalue weighted by molar-refractivity contribution is 5.93. The molecule has 0 radical (unpaired) electrons. The van der Waals surface area contributed by atoms with Crippen molar-refractivity contribution in [2.24, 2.45) is 0 Å². The number of rotatable bonds is 2. The number of β-amino-alcohol motifs (C(OH)–C–C–N with tert-alkyl or cyclic N) is 1. The van der Waals surface area contributed by atoms with Crippen LogP contribution < -0.4 is 0 Å². The van der Waals surface area contributed by atoms with Crippen molar-refractivity contribution in [2.45, 2.75) is 31.4 Å². The van der Waals surface area contributed by atoms with Crippen molar-refractivity contribution in [1.82, 2.24) is 4.90 Å². The van der Waals surface area contributed by atoms with Crippen LogP contribution >= 0.6 is 0 Å². The Balaban J connectivity index is 1.90. The Morgan fingerprint density at radius 1 is 1.36 bits per heavy atom. The number of aliphatic hydroxyl groups excluding tert-OH is 1. The molecular weight excluding hydrogens is 292 g/mol. The first-order valence-electron chi connectivity index (χ1n) is 7.31. The predicted molar refractivity (Wildman–Crippen MR) is 74.7 cm³/mol. The van der Waals surface area contributed by atoms with Crippen molar-refractivity contribution in [3.8, 4) is 0 Å². The van der Waals surface area contributed by atoms with Crippen LogP contribution in [-0.2, 0) is 9.53 Å². The molecule has 1 fully saturated rings. The molecule has 2 unspecified atom stereocenters. The van der Waals surface area contributed by atoms with E-state index in [0.717, 1.165) is 24.6 Å². The number of nitrogens with zero attached hydrogens (tertiary/aromatic N) is 1. The average molecular weight is 309 g/mol. The second-order valence-corrected chi connectivity index (χ2v) is 5.65. The first-order valence-corrected chi connectivity index (χ1v) is 7.31. The maximum Gasteiger partial charge on any atom is 0.253 e. The molecule has 1 aromatic rings. The predicted octanol–water partition coefficient (Wildman–Crippen LogP) is 2.29. The Kier molecular flexibility index (Phi) is 4.11. The van der Waals surface area contributed by atoms with Gasteiger partial charge < -0.3 is 14.7 Å². The quantitative estimate of drug-likeness (QED) is 0.912. The van der Waals surface area contributed by atoms with Crippen molar-refractivity contribution in [2.75, 3.05) is 13.2 Å². The van der Waals surface area contributed by atoms with Gasteiger partial charge in [-0.3, -0.25) is 4.79 Å². The van der Waals surface area contributed by atoms with E-state index in [4.69, 9.17) is 4.74 Å². The lowest BCUT2D eigenvalue weighted by Crippen LogP contribution is -2.34. The van der Waals surface area contributed by atoms with Crippen LogP contribution in [0.15, 0.2) is 30.0 Å². The zero-order chi connectivity index (χ0) is 15.7. The number of aliphatic hydroxyl groups is 1. The Hall–Kier alpha value is -1.95. The Bertz CT molecular complexity index is 617. The summed E-state index contributed by atoms with van der Waals surface area (Å²) in [7, 11) is 0. The van der Waals surface area contributed by atoms with Crippen LogP contribution in [0.1, 0.15) is 30.9 Å². The van der Waals surface area contributed by atoms with Gasteiger partial charge in [0.25, 0.3) is 5.91 Å². The SMILES string of the molecule is O=C(C1=COCCC1)N1CC(O)CC1c1cc(F)ccc1F. The van der Waals surface area contributed by atoms with Crippen LogP contribution in [0.3, 0.4) is 0 Å². The van der Waals surface area contributed by atoms with Gasteiger partial charge in [-0.2, -0.15) is 0 Å². The summed E-state index contributed by atoms with van der Waals surface area (Å²) >= 11 is 0. The number of halogens is 2. The molecule has 0 aromatic heterocycles. The minimum absolute atomic E-state index is 0.0993. The lowest BCUT2D eigenvalue weighted by molar-refractivity contribution is -0.129. The molecule has 0 aliphatic carbocycles. The highest BCUT2D eigenvalue weighted by Gasteiger charge is 2.38. The molecule has 4 nitrogen and oxygen atoms in total. The fourth-order valence-corrected chi connectivity index (χ4v) is 3.01. The second kappa shape index (κ2) is 6.04. The van der Waals surface area contributed by atoms with Gasteiger partial charge in [0.2, 0.25) is 0 Å². The summed E-state index contributed by atoms with van der Waals surface area (Å²) in [4.78, 5) is 14.0. The molecule has 2 aliphatic rings. The van der Waals surface area contributed by atoms with Crippen molar-refractivity contribution in [1.29, 1.82) is 0 Å². The Morgan fingerprint density at radius 3 is 2.91 bits per heavy atom. The number of carbonyl (C=O) groups excluding carboxylic acids is 1. The van der Waals surface area contributed by atoms with Gasteiger partial charge in [0.05, 0.1) is 30.6 Å². The summed E-state index contributed by atoms with van der Waals surface area (Å²) < 4.78 is 32.6. The second-order valence-electron chi connectivity index (χ2n) is 5.65. The normalized spacial score (nSPS) is 24.9. The molecule has 0 spiro atoms. The highest BCUT2D eigenvalue weighted by atomic mass is 19.1. The summed E-state index contributed by atoms with van der Waals surface area (Å²) in [5.41, 5.74) is 0.601. The lowest BCUT2D eigenvalue weighted by Gasteiger charge is -2.27. The number of carbonyl (C=O) groups is 1. The molecule has 1 N–H and O–H groups in total. The summed E-state index contributed by atoms with van der Waals surface area (Å²) in [6.45, 7) is 0.679. The third kappa shape index (κ3) is 2.83. The molecule has 22 heavy (non-hydrogen) atoms. The summed E-state index contributed by atoms with van der Waals surface area (Å²) in [6.07, 6.45) is 2.20. The van der Waals surface area contributed by atoms with E-state index in [1.54, 1.807) is 0 Å². The molecule has 2 heterocycles. The number of hydrogen-bond donors (Lipinski definition) is 1. The zero-order valence-corrected chi connectivity index (χ0v) is 12.0. The van der Waals surface area contributed by atoms with Gasteiger partial charge in [-0.25, -0.2) is 8.78 Å². The van der Waals surface area contributed by atoms with Gasteiger partial charge in [-0.1, -0.05) is 0 Å². The number of ether oxygens (including phenoxy) is 1. The van der Waals surface area contributed by atoms with E-state index in [1.165, 1.54) is 11.2 Å². The van der Waals surface area contributed by atoms with Crippen molar-refractivity contribution >= 4 is 5.91 Å². The number of likely N-dealkylation sites (tertiary alicyclic amines) is 1. The van der Waals surface area contributed by atoms with E-state index < -0.39 is 23.8 Å². The third-order valence-electron chi connectivity index (χ3n) is 4.07. The molecular formula is C16H17F2NO3. The number of hydrogen-bond acceptors (Lipinski definition) is 3.